The molecule has 1 aliphatic heterocycles. The molecule has 0 radical (unpaired) electrons. The second-order valence-electron chi connectivity index (χ2n) is 7.81. The van der Waals surface area contributed by atoms with Crippen molar-refractivity contribution >= 4 is 34.4 Å². The van der Waals surface area contributed by atoms with E-state index in [1.807, 2.05) is 61.7 Å². The quantitative estimate of drug-likeness (QED) is 0.336. The lowest BCUT2D eigenvalue weighted by Gasteiger charge is -2.27. The molecule has 0 amide bonds. The minimum absolute atomic E-state index is 0.0235. The van der Waals surface area contributed by atoms with Gasteiger partial charge in [-0.25, -0.2) is 0 Å². The van der Waals surface area contributed by atoms with Crippen molar-refractivity contribution in [3.05, 3.63) is 106 Å². The minimum Gasteiger partial charge on any atom is -0.457 e. The average Bonchev–Trinajstić information content (AvgIpc) is 3.39. The van der Waals surface area contributed by atoms with Crippen LogP contribution in [0.15, 0.2) is 85.1 Å². The fourth-order valence-corrected chi connectivity index (χ4v) is 5.36. The number of thiophene rings is 1. The van der Waals surface area contributed by atoms with Crippen molar-refractivity contribution in [3.63, 3.8) is 0 Å². The number of aromatic nitrogens is 1. The Balaban J connectivity index is 1.48. The zero-order chi connectivity index (χ0) is 22.1. The fraction of sp³-hybridized carbons (Fsp3) is 0.154. The maximum absolute atomic E-state index is 6.08. The third-order valence-corrected chi connectivity index (χ3v) is 6.97. The lowest BCUT2D eigenvalue weighted by Crippen LogP contribution is -2.28. The lowest BCUT2D eigenvalue weighted by molar-refractivity contribution is 0.479. The summed E-state index contributed by atoms with van der Waals surface area (Å²) in [5, 5.41) is 4.21. The van der Waals surface area contributed by atoms with E-state index in [0.29, 0.717) is 5.11 Å². The molecule has 32 heavy (non-hydrogen) atoms. The Morgan fingerprint density at radius 1 is 0.938 bits per heavy atom. The van der Waals surface area contributed by atoms with Gasteiger partial charge < -0.3 is 15.0 Å². The largest absolute Gasteiger partial charge is 0.457 e. The van der Waals surface area contributed by atoms with Crippen molar-refractivity contribution in [2.24, 2.45) is 0 Å². The van der Waals surface area contributed by atoms with E-state index in [1.165, 1.54) is 9.75 Å². The molecule has 1 fully saturated rings. The molecule has 0 unspecified atom stereocenters. The Labute approximate surface area is 197 Å². The summed E-state index contributed by atoms with van der Waals surface area (Å²) in [6.07, 6.45) is 1.83. The molecule has 2 atom stereocenters. The van der Waals surface area contributed by atoms with Crippen LogP contribution in [0.1, 0.15) is 33.1 Å². The van der Waals surface area contributed by atoms with Crippen LogP contribution in [-0.4, -0.2) is 10.1 Å². The zero-order valence-electron chi connectivity index (χ0n) is 17.9. The summed E-state index contributed by atoms with van der Waals surface area (Å²) in [7, 11) is 0. The van der Waals surface area contributed by atoms with Crippen LogP contribution in [0, 0.1) is 13.8 Å². The number of nitrogens with one attached hydrogen (secondary N) is 1. The monoisotopic (exact) mass is 457 g/mol. The van der Waals surface area contributed by atoms with E-state index in [1.54, 1.807) is 11.3 Å². The standard InChI is InChI=1S/C26H23N3OS2/c1-17-7-3-4-9-22(17)30-20-13-11-19(12-14-20)29-25(23-15-10-18(2)32-23)24(28-26(29)31)21-8-5-6-16-27-21/h3-16,24-25H,1-2H3,(H,28,31)/t24-,25-/m1/s1. The average molecular weight is 458 g/mol. The zero-order valence-corrected chi connectivity index (χ0v) is 19.5. The maximum atomic E-state index is 6.08. The van der Waals surface area contributed by atoms with Crippen LogP contribution in [0.4, 0.5) is 5.69 Å². The summed E-state index contributed by atoms with van der Waals surface area (Å²) >= 11 is 7.60. The molecule has 0 spiro atoms. The highest BCUT2D eigenvalue weighted by molar-refractivity contribution is 7.80. The molecule has 0 saturated carbocycles. The highest BCUT2D eigenvalue weighted by atomic mass is 32.1. The van der Waals surface area contributed by atoms with E-state index in [-0.39, 0.29) is 12.1 Å². The predicted octanol–water partition coefficient (Wildman–Crippen LogP) is 6.73. The Morgan fingerprint density at radius 3 is 2.41 bits per heavy atom. The number of nitrogens with zero attached hydrogens (tertiary/aromatic N) is 2. The number of pyridine rings is 1. The molecule has 6 heteroatoms. The Hall–Kier alpha value is -3.22. The first-order valence-corrected chi connectivity index (χ1v) is 11.7. The van der Waals surface area contributed by atoms with Gasteiger partial charge in [0.2, 0.25) is 0 Å². The van der Waals surface area contributed by atoms with Crippen molar-refractivity contribution in [2.45, 2.75) is 25.9 Å². The van der Waals surface area contributed by atoms with Gasteiger partial charge in [0.1, 0.15) is 11.5 Å². The molecular formula is C26H23N3OS2. The molecule has 2 aromatic heterocycles. The van der Waals surface area contributed by atoms with E-state index in [2.05, 4.69) is 52.5 Å². The first kappa shape index (κ1) is 20.7. The molecule has 0 aliphatic carbocycles. The van der Waals surface area contributed by atoms with Crippen LogP contribution >= 0.6 is 23.6 Å². The molecule has 1 saturated heterocycles. The lowest BCUT2D eigenvalue weighted by atomic mass is 10.0. The highest BCUT2D eigenvalue weighted by Crippen LogP contribution is 2.44. The van der Waals surface area contributed by atoms with Gasteiger partial charge in [0.05, 0.1) is 17.8 Å². The Kier molecular flexibility index (Phi) is 5.64. The van der Waals surface area contributed by atoms with Gasteiger partial charge in [-0.15, -0.1) is 11.3 Å². The van der Waals surface area contributed by atoms with Crippen LogP contribution < -0.4 is 15.0 Å². The van der Waals surface area contributed by atoms with Gasteiger partial charge >= 0.3 is 0 Å². The number of aryl methyl sites for hydroxylation is 2. The fourth-order valence-electron chi connectivity index (χ4n) is 4.01. The topological polar surface area (TPSA) is 37.4 Å². The third kappa shape index (κ3) is 3.99. The molecule has 4 aromatic rings. The second-order valence-corrected chi connectivity index (χ2v) is 9.51. The number of anilines is 1. The maximum Gasteiger partial charge on any atom is 0.174 e. The smallest absolute Gasteiger partial charge is 0.174 e. The number of benzene rings is 2. The van der Waals surface area contributed by atoms with Crippen LogP contribution in [0.3, 0.4) is 0 Å². The van der Waals surface area contributed by atoms with Gasteiger partial charge in [-0.3, -0.25) is 4.98 Å². The van der Waals surface area contributed by atoms with Crippen LogP contribution in [-0.2, 0) is 0 Å². The normalized spacial score (nSPS) is 17.9. The first-order chi connectivity index (χ1) is 15.6. The van der Waals surface area contributed by atoms with E-state index in [4.69, 9.17) is 17.0 Å². The molecule has 4 nitrogen and oxygen atoms in total. The van der Waals surface area contributed by atoms with E-state index in [9.17, 15) is 0 Å². The number of hydrogen-bond acceptors (Lipinski definition) is 4. The van der Waals surface area contributed by atoms with Crippen molar-refractivity contribution in [3.8, 4) is 11.5 Å². The summed E-state index contributed by atoms with van der Waals surface area (Å²) in [6.45, 7) is 4.18. The van der Waals surface area contributed by atoms with Crippen LogP contribution in [0.2, 0.25) is 0 Å². The van der Waals surface area contributed by atoms with E-state index < -0.39 is 0 Å². The first-order valence-electron chi connectivity index (χ1n) is 10.5. The molecule has 160 valence electrons. The van der Waals surface area contributed by atoms with Crippen molar-refractivity contribution < 1.29 is 4.74 Å². The van der Waals surface area contributed by atoms with Crippen molar-refractivity contribution in [2.75, 3.05) is 4.90 Å². The molecule has 5 rings (SSSR count). The molecule has 1 N–H and O–H groups in total. The number of hydrogen-bond donors (Lipinski definition) is 1. The summed E-state index contributed by atoms with van der Waals surface area (Å²) in [6, 6.07) is 26.5. The summed E-state index contributed by atoms with van der Waals surface area (Å²) < 4.78 is 6.08. The van der Waals surface area contributed by atoms with E-state index in [0.717, 1.165) is 28.4 Å². The number of para-hydroxylation sites is 1. The van der Waals surface area contributed by atoms with Crippen molar-refractivity contribution in [1.82, 2.24) is 10.3 Å². The van der Waals surface area contributed by atoms with Gasteiger partial charge in [0.25, 0.3) is 0 Å². The molecule has 0 bridgehead atoms. The van der Waals surface area contributed by atoms with Gasteiger partial charge in [0, 0.05) is 21.6 Å². The SMILES string of the molecule is Cc1ccc([C@@H]2[C@@H](c3ccccn3)NC(=S)N2c2ccc(Oc3ccccc3C)cc2)s1. The van der Waals surface area contributed by atoms with Gasteiger partial charge in [-0.05, 0) is 86.2 Å². The molecular weight excluding hydrogens is 434 g/mol. The molecule has 3 heterocycles. The number of thiocarbonyl (C=S) groups is 1. The molecule has 1 aliphatic rings. The summed E-state index contributed by atoms with van der Waals surface area (Å²) in [5.41, 5.74) is 3.11. The van der Waals surface area contributed by atoms with Gasteiger partial charge in [-0.1, -0.05) is 24.3 Å². The number of ether oxygens (including phenoxy) is 1. The summed E-state index contributed by atoms with van der Waals surface area (Å²) in [5.74, 6) is 1.66. The number of rotatable bonds is 5. The highest BCUT2D eigenvalue weighted by Gasteiger charge is 2.41. The minimum atomic E-state index is -0.0235. The van der Waals surface area contributed by atoms with Crippen molar-refractivity contribution in [1.29, 1.82) is 0 Å². The summed E-state index contributed by atoms with van der Waals surface area (Å²) in [4.78, 5) is 9.34. The van der Waals surface area contributed by atoms with E-state index >= 15 is 0 Å². The van der Waals surface area contributed by atoms with Crippen LogP contribution in [0.25, 0.3) is 0 Å². The predicted molar refractivity (Wildman–Crippen MR) is 135 cm³/mol. The Morgan fingerprint density at radius 2 is 1.72 bits per heavy atom. The molecule has 2 aromatic carbocycles. The Bertz CT molecular complexity index is 1240. The second kappa shape index (κ2) is 8.73. The third-order valence-electron chi connectivity index (χ3n) is 5.59. The van der Waals surface area contributed by atoms with Gasteiger partial charge in [0.15, 0.2) is 5.11 Å². The van der Waals surface area contributed by atoms with Crippen LogP contribution in [0.5, 0.6) is 11.5 Å². The van der Waals surface area contributed by atoms with Gasteiger partial charge in [-0.2, -0.15) is 0 Å².